The van der Waals surface area contributed by atoms with E-state index in [0.29, 0.717) is 10.0 Å². The van der Waals surface area contributed by atoms with Crippen molar-refractivity contribution in [1.82, 2.24) is 0 Å². The minimum absolute atomic E-state index is 0.250. The molecule has 0 nitrogen and oxygen atoms in total. The van der Waals surface area contributed by atoms with E-state index in [1.165, 1.54) is 5.88 Å². The van der Waals surface area contributed by atoms with Crippen molar-refractivity contribution >= 4 is 62.0 Å². The summed E-state index contributed by atoms with van der Waals surface area (Å²) in [6, 6.07) is 5.13. The molecule has 6 heteroatoms. The third-order valence-electron chi connectivity index (χ3n) is 1.01. The second-order valence-electron chi connectivity index (χ2n) is 1.91. The summed E-state index contributed by atoms with van der Waals surface area (Å²) in [5.41, 5.74) is 0.819. The normalized spacial score (nSPS) is 8.38. The Balaban J connectivity index is 0.000000424. The van der Waals surface area contributed by atoms with E-state index >= 15 is 0 Å². The van der Waals surface area contributed by atoms with Crippen LogP contribution < -0.4 is 0 Å². The Morgan fingerprint density at radius 2 is 1.46 bits per heavy atom. The van der Waals surface area contributed by atoms with Crippen LogP contribution in [0.25, 0.3) is 0 Å². The molecule has 0 aromatic heterocycles. The van der Waals surface area contributed by atoms with Crippen LogP contribution in [0.2, 0.25) is 10.0 Å². The van der Waals surface area contributed by atoms with Crippen molar-refractivity contribution in [3.63, 3.8) is 0 Å². The zero-order valence-electron chi connectivity index (χ0n) is 6.41. The molecule has 0 saturated heterocycles. The van der Waals surface area contributed by atoms with E-state index < -0.39 is 0 Å². The Hall–Kier alpha value is 1.67. The SMILES string of the molecule is Cl[CH]c1cc(Cl)cc(Cl)c1.[Br][Zn][Br]. The van der Waals surface area contributed by atoms with E-state index in [1.54, 1.807) is 18.2 Å². The van der Waals surface area contributed by atoms with Gasteiger partial charge in [-0.2, -0.15) is 0 Å². The molecule has 0 amide bonds. The molecule has 1 aromatic carbocycles. The third-order valence-corrected chi connectivity index (χ3v) is 1.70. The second-order valence-corrected chi connectivity index (χ2v) is 17.1. The van der Waals surface area contributed by atoms with Gasteiger partial charge in [0.15, 0.2) is 0 Å². The Bertz CT molecular complexity index is 237. The van der Waals surface area contributed by atoms with Gasteiger partial charge in [0.25, 0.3) is 0 Å². The fourth-order valence-electron chi connectivity index (χ4n) is 0.638. The second kappa shape index (κ2) is 8.94. The summed E-state index contributed by atoms with van der Waals surface area (Å²) < 4.78 is 0. The molecule has 0 spiro atoms. The van der Waals surface area contributed by atoms with E-state index in [1.807, 2.05) is 0 Å². The molecule has 0 saturated carbocycles. The first-order chi connectivity index (χ1) is 6.13. The summed E-state index contributed by atoms with van der Waals surface area (Å²) in [5, 5.41) is 1.19. The van der Waals surface area contributed by atoms with Gasteiger partial charge in [0, 0.05) is 10.0 Å². The molecule has 13 heavy (non-hydrogen) atoms. The van der Waals surface area contributed by atoms with Crippen LogP contribution in [-0.4, -0.2) is 0 Å². The van der Waals surface area contributed by atoms with Crippen LogP contribution in [-0.2, 0) is 13.2 Å². The van der Waals surface area contributed by atoms with Crippen molar-refractivity contribution in [2.24, 2.45) is 0 Å². The van der Waals surface area contributed by atoms with Gasteiger partial charge >= 0.3 is 40.5 Å². The first-order valence-electron chi connectivity index (χ1n) is 3.15. The molecule has 0 bridgehead atoms. The van der Waals surface area contributed by atoms with Gasteiger partial charge < -0.3 is 0 Å². The first-order valence-corrected chi connectivity index (χ1v) is 18.2. The van der Waals surface area contributed by atoms with Crippen LogP contribution in [0.5, 0.6) is 0 Å². The molecule has 0 heterocycles. The van der Waals surface area contributed by atoms with Crippen LogP contribution in [0.1, 0.15) is 5.56 Å². The summed E-state index contributed by atoms with van der Waals surface area (Å²) in [6.45, 7) is 0. The van der Waals surface area contributed by atoms with Gasteiger partial charge in [-0.3, -0.25) is 0 Å². The molecule has 0 fully saturated rings. The van der Waals surface area contributed by atoms with Gasteiger partial charge in [-0.1, -0.05) is 23.2 Å². The monoisotopic (exact) mass is 415 g/mol. The van der Waals surface area contributed by atoms with Crippen LogP contribution >= 0.6 is 62.0 Å². The first kappa shape index (κ1) is 14.7. The molecular formula is C7H4Br2Cl3Zn. The van der Waals surface area contributed by atoms with E-state index in [-0.39, 0.29) is 13.2 Å². The maximum absolute atomic E-state index is 5.67. The standard InChI is InChI=1S/C7H4Cl3.2BrH.Zn/c8-4-5-1-6(9)3-7(10)2-5;;;/h1-4H;2*1H;/q;;;+2/p-2. The molecule has 0 atom stereocenters. The van der Waals surface area contributed by atoms with Gasteiger partial charge in [0.05, 0.1) is 5.88 Å². The number of hydrogen-bond donors (Lipinski definition) is 0. The molecule has 69 valence electrons. The van der Waals surface area contributed by atoms with Crippen molar-refractivity contribution in [3.8, 4) is 0 Å². The molecule has 1 rings (SSSR count). The minimum atomic E-state index is -0.250. The molecule has 0 aliphatic rings. The van der Waals surface area contributed by atoms with E-state index in [9.17, 15) is 0 Å². The average Bonchev–Trinajstić information content (AvgIpc) is 2.04. The predicted molar refractivity (Wildman–Crippen MR) is 63.6 cm³/mol. The number of hydrogen-bond acceptors (Lipinski definition) is 0. The van der Waals surface area contributed by atoms with Crippen LogP contribution in [0, 0.1) is 5.88 Å². The third kappa shape index (κ3) is 7.58. The number of rotatable bonds is 1. The van der Waals surface area contributed by atoms with Crippen LogP contribution in [0.4, 0.5) is 0 Å². The van der Waals surface area contributed by atoms with Gasteiger partial charge in [0.1, 0.15) is 0 Å². The van der Waals surface area contributed by atoms with Gasteiger partial charge in [-0.25, -0.2) is 0 Å². The van der Waals surface area contributed by atoms with Crippen molar-refractivity contribution in [1.29, 1.82) is 0 Å². The van der Waals surface area contributed by atoms with Gasteiger partial charge in [-0.15, -0.1) is 11.6 Å². The molecule has 1 aromatic rings. The maximum atomic E-state index is 5.67. The van der Waals surface area contributed by atoms with Crippen molar-refractivity contribution in [2.45, 2.75) is 0 Å². The quantitative estimate of drug-likeness (QED) is 0.532. The van der Waals surface area contributed by atoms with Gasteiger partial charge in [-0.05, 0) is 23.8 Å². The molecular weight excluding hydrogens is 416 g/mol. The summed E-state index contributed by atoms with van der Waals surface area (Å²) in [7, 11) is 0. The summed E-state index contributed by atoms with van der Waals surface area (Å²) >= 11 is 23.0. The zero-order valence-corrected chi connectivity index (χ0v) is 14.8. The van der Waals surface area contributed by atoms with E-state index in [4.69, 9.17) is 34.8 Å². The fraction of sp³-hybridized carbons (Fsp3) is 0. The summed E-state index contributed by atoms with van der Waals surface area (Å²) in [5.74, 6) is 1.43. The van der Waals surface area contributed by atoms with E-state index in [0.717, 1.165) is 5.56 Å². The molecule has 0 aliphatic heterocycles. The number of benzene rings is 1. The average molecular weight is 420 g/mol. The summed E-state index contributed by atoms with van der Waals surface area (Å²) in [4.78, 5) is 0. The van der Waals surface area contributed by atoms with Crippen molar-refractivity contribution in [3.05, 3.63) is 39.7 Å². The molecule has 1 radical (unpaired) electrons. The molecule has 0 N–H and O–H groups in total. The van der Waals surface area contributed by atoms with Crippen LogP contribution in [0.3, 0.4) is 0 Å². The van der Waals surface area contributed by atoms with Crippen molar-refractivity contribution < 1.29 is 13.2 Å². The predicted octanol–water partition coefficient (Wildman–Crippen LogP) is 5.43. The topological polar surface area (TPSA) is 0 Å². The fourth-order valence-corrected chi connectivity index (χ4v) is 1.31. The van der Waals surface area contributed by atoms with Gasteiger partial charge in [0.2, 0.25) is 0 Å². The Morgan fingerprint density at radius 1 is 1.08 bits per heavy atom. The zero-order chi connectivity index (χ0) is 10.3. The van der Waals surface area contributed by atoms with E-state index in [2.05, 4.69) is 27.2 Å². The van der Waals surface area contributed by atoms with Crippen LogP contribution in [0.15, 0.2) is 18.2 Å². The summed E-state index contributed by atoms with van der Waals surface area (Å²) in [6.07, 6.45) is 0. The Morgan fingerprint density at radius 3 is 1.77 bits per heavy atom. The number of halogens is 5. The Kier molecular flexibility index (Phi) is 10.1. The Labute approximate surface area is 114 Å². The molecule has 0 unspecified atom stereocenters. The van der Waals surface area contributed by atoms with Crippen molar-refractivity contribution in [2.75, 3.05) is 0 Å². The molecule has 0 aliphatic carbocycles.